The molecule has 3 fully saturated rings. The van der Waals surface area contributed by atoms with E-state index in [-0.39, 0.29) is 12.0 Å². The van der Waals surface area contributed by atoms with Gasteiger partial charge in [0.2, 0.25) is 5.91 Å². The summed E-state index contributed by atoms with van der Waals surface area (Å²) < 4.78 is 6.25. The smallest absolute Gasteiger partial charge is 0.225 e. The number of para-hydroxylation sites is 1. The molecule has 30 heavy (non-hydrogen) atoms. The van der Waals surface area contributed by atoms with E-state index in [9.17, 15) is 4.79 Å². The summed E-state index contributed by atoms with van der Waals surface area (Å²) in [5.74, 6) is 2.38. The second-order valence-corrected chi connectivity index (χ2v) is 8.95. The predicted molar refractivity (Wildman–Crippen MR) is 120 cm³/mol. The lowest BCUT2D eigenvalue weighted by atomic mass is 10.1. The number of nitrogens with zero attached hydrogens (tertiary/aromatic N) is 2. The van der Waals surface area contributed by atoms with E-state index in [1.807, 2.05) is 11.0 Å². The highest BCUT2D eigenvalue weighted by atomic mass is 16.5. The third-order valence-corrected chi connectivity index (χ3v) is 6.78. The van der Waals surface area contributed by atoms with Crippen molar-refractivity contribution in [1.29, 1.82) is 0 Å². The van der Waals surface area contributed by atoms with Crippen molar-refractivity contribution >= 4 is 11.9 Å². The molecule has 1 amide bonds. The Morgan fingerprint density at radius 3 is 2.60 bits per heavy atom. The number of rotatable bonds is 6. The summed E-state index contributed by atoms with van der Waals surface area (Å²) in [6.45, 7) is 2.29. The summed E-state index contributed by atoms with van der Waals surface area (Å²) in [5, 5.41) is 6.94. The standard InChI is InChI=1S/C24H36N4O2/c1-25-24(27-20-14-15-28(17-20)23(29)18-8-2-3-9-18)26-16-19-10-4-7-13-22(19)30-21-11-5-6-12-21/h4,7,10,13,18,20-21H,2-3,5-6,8-9,11-12,14-17H2,1H3,(H2,25,26,27). The summed E-state index contributed by atoms with van der Waals surface area (Å²) in [6, 6.07) is 8.52. The van der Waals surface area contributed by atoms with E-state index in [1.165, 1.54) is 25.7 Å². The second-order valence-electron chi connectivity index (χ2n) is 8.95. The normalized spacial score (nSPS) is 23.2. The number of hydrogen-bond donors (Lipinski definition) is 2. The lowest BCUT2D eigenvalue weighted by Gasteiger charge is -2.22. The first-order chi connectivity index (χ1) is 14.7. The van der Waals surface area contributed by atoms with Gasteiger partial charge in [-0.15, -0.1) is 0 Å². The summed E-state index contributed by atoms with van der Waals surface area (Å²) in [4.78, 5) is 19.1. The average Bonchev–Trinajstić information content (AvgIpc) is 3.54. The van der Waals surface area contributed by atoms with Crippen molar-refractivity contribution in [1.82, 2.24) is 15.5 Å². The summed E-state index contributed by atoms with van der Waals surface area (Å²) in [7, 11) is 1.80. The van der Waals surface area contributed by atoms with E-state index >= 15 is 0 Å². The van der Waals surface area contributed by atoms with Crippen LogP contribution in [0.25, 0.3) is 0 Å². The molecule has 0 radical (unpaired) electrons. The largest absolute Gasteiger partial charge is 0.490 e. The lowest BCUT2D eigenvalue weighted by Crippen LogP contribution is -2.45. The van der Waals surface area contributed by atoms with Gasteiger partial charge in [-0.3, -0.25) is 9.79 Å². The van der Waals surface area contributed by atoms with E-state index in [2.05, 4.69) is 33.8 Å². The minimum Gasteiger partial charge on any atom is -0.490 e. The highest BCUT2D eigenvalue weighted by Gasteiger charge is 2.32. The second kappa shape index (κ2) is 10.2. The predicted octanol–water partition coefficient (Wildman–Crippen LogP) is 3.46. The van der Waals surface area contributed by atoms with Gasteiger partial charge in [-0.1, -0.05) is 31.0 Å². The van der Waals surface area contributed by atoms with E-state index in [1.54, 1.807) is 7.05 Å². The molecule has 2 saturated carbocycles. The first-order valence-electron chi connectivity index (χ1n) is 11.7. The van der Waals surface area contributed by atoms with Crippen molar-refractivity contribution < 1.29 is 9.53 Å². The van der Waals surface area contributed by atoms with Gasteiger partial charge in [0.1, 0.15) is 5.75 Å². The fourth-order valence-electron chi connectivity index (χ4n) is 5.03. The molecule has 0 bridgehead atoms. The Hall–Kier alpha value is -2.24. The maximum atomic E-state index is 12.7. The SMILES string of the molecule is CN=C(NCc1ccccc1OC1CCCC1)NC1CCN(C(=O)C2CCCC2)C1. The van der Waals surface area contributed by atoms with Crippen molar-refractivity contribution in [2.75, 3.05) is 20.1 Å². The van der Waals surface area contributed by atoms with Crippen molar-refractivity contribution in [3.05, 3.63) is 29.8 Å². The fraction of sp³-hybridized carbons (Fsp3) is 0.667. The maximum Gasteiger partial charge on any atom is 0.225 e. The number of carbonyl (C=O) groups excluding carboxylic acids is 1. The molecule has 2 N–H and O–H groups in total. The zero-order chi connectivity index (χ0) is 20.8. The van der Waals surface area contributed by atoms with Crippen LogP contribution in [0.5, 0.6) is 5.75 Å². The van der Waals surface area contributed by atoms with Crippen LogP contribution in [-0.2, 0) is 11.3 Å². The van der Waals surface area contributed by atoms with Crippen molar-refractivity contribution in [3.8, 4) is 5.75 Å². The number of nitrogens with one attached hydrogen (secondary N) is 2. The molecular weight excluding hydrogens is 376 g/mol. The van der Waals surface area contributed by atoms with Crippen molar-refractivity contribution in [3.63, 3.8) is 0 Å². The number of aliphatic imine (C=N–C) groups is 1. The minimum absolute atomic E-state index is 0.256. The number of ether oxygens (including phenoxy) is 1. The first kappa shape index (κ1) is 21.0. The molecule has 2 aliphatic carbocycles. The highest BCUT2D eigenvalue weighted by molar-refractivity contribution is 5.81. The molecule has 164 valence electrons. The lowest BCUT2D eigenvalue weighted by molar-refractivity contribution is -0.134. The van der Waals surface area contributed by atoms with Crippen molar-refractivity contribution in [2.24, 2.45) is 10.9 Å². The quantitative estimate of drug-likeness (QED) is 0.555. The Kier molecular flexibility index (Phi) is 7.13. The Balaban J connectivity index is 1.27. The number of guanidine groups is 1. The molecule has 1 atom stereocenters. The number of benzene rings is 1. The van der Waals surface area contributed by atoms with Gasteiger partial charge in [0.15, 0.2) is 5.96 Å². The third-order valence-electron chi connectivity index (χ3n) is 6.78. The van der Waals surface area contributed by atoms with E-state index in [4.69, 9.17) is 4.74 Å². The molecule has 3 aliphatic rings. The Bertz CT molecular complexity index is 738. The third kappa shape index (κ3) is 5.27. The molecule has 4 rings (SSSR count). The molecule has 1 unspecified atom stereocenters. The number of hydrogen-bond acceptors (Lipinski definition) is 3. The van der Waals surface area contributed by atoms with Gasteiger partial charge in [0.05, 0.1) is 6.10 Å². The van der Waals surface area contributed by atoms with Gasteiger partial charge in [-0.25, -0.2) is 0 Å². The average molecular weight is 413 g/mol. The van der Waals surface area contributed by atoms with E-state index in [0.717, 1.165) is 62.5 Å². The van der Waals surface area contributed by atoms with Crippen LogP contribution >= 0.6 is 0 Å². The number of likely N-dealkylation sites (tertiary alicyclic amines) is 1. The molecule has 1 aliphatic heterocycles. The molecule has 1 heterocycles. The van der Waals surface area contributed by atoms with Crippen LogP contribution in [0.1, 0.15) is 63.4 Å². The molecular formula is C24H36N4O2. The number of amides is 1. The van der Waals surface area contributed by atoms with Gasteiger partial charge in [0.25, 0.3) is 0 Å². The van der Waals surface area contributed by atoms with Gasteiger partial charge < -0.3 is 20.3 Å². The van der Waals surface area contributed by atoms with Gasteiger partial charge in [0, 0.05) is 44.2 Å². The highest BCUT2D eigenvalue weighted by Crippen LogP contribution is 2.28. The molecule has 6 heteroatoms. The van der Waals surface area contributed by atoms with Crippen LogP contribution in [0.4, 0.5) is 0 Å². The van der Waals surface area contributed by atoms with Crippen LogP contribution in [-0.4, -0.2) is 49.0 Å². The monoisotopic (exact) mass is 412 g/mol. The van der Waals surface area contributed by atoms with Crippen LogP contribution < -0.4 is 15.4 Å². The van der Waals surface area contributed by atoms with Crippen LogP contribution in [0.2, 0.25) is 0 Å². The number of carbonyl (C=O) groups is 1. The molecule has 1 aromatic rings. The summed E-state index contributed by atoms with van der Waals surface area (Å²) in [5.41, 5.74) is 1.15. The van der Waals surface area contributed by atoms with E-state index < -0.39 is 0 Å². The fourth-order valence-corrected chi connectivity index (χ4v) is 5.03. The zero-order valence-electron chi connectivity index (χ0n) is 18.2. The first-order valence-corrected chi connectivity index (χ1v) is 11.7. The summed E-state index contributed by atoms with van der Waals surface area (Å²) >= 11 is 0. The Morgan fingerprint density at radius 2 is 1.83 bits per heavy atom. The molecule has 0 spiro atoms. The maximum absolute atomic E-state index is 12.7. The Morgan fingerprint density at radius 1 is 1.10 bits per heavy atom. The minimum atomic E-state index is 0.256. The molecule has 1 saturated heterocycles. The topological polar surface area (TPSA) is 66.0 Å². The van der Waals surface area contributed by atoms with E-state index in [0.29, 0.717) is 18.6 Å². The van der Waals surface area contributed by atoms with Gasteiger partial charge in [-0.05, 0) is 51.0 Å². The molecule has 1 aromatic carbocycles. The van der Waals surface area contributed by atoms with Crippen molar-refractivity contribution in [2.45, 2.75) is 76.5 Å². The van der Waals surface area contributed by atoms with Gasteiger partial charge >= 0.3 is 0 Å². The van der Waals surface area contributed by atoms with Crippen LogP contribution in [0, 0.1) is 5.92 Å². The summed E-state index contributed by atoms with van der Waals surface area (Å²) in [6.07, 6.45) is 10.7. The van der Waals surface area contributed by atoms with Crippen LogP contribution in [0.3, 0.4) is 0 Å². The molecule has 0 aromatic heterocycles. The van der Waals surface area contributed by atoms with Crippen LogP contribution in [0.15, 0.2) is 29.3 Å². The molecule has 6 nitrogen and oxygen atoms in total. The zero-order valence-corrected chi connectivity index (χ0v) is 18.2. The Labute approximate surface area is 180 Å². The van der Waals surface area contributed by atoms with Gasteiger partial charge in [-0.2, -0.15) is 0 Å².